The van der Waals surface area contributed by atoms with Crippen LogP contribution in [0.2, 0.25) is 0 Å². The molecule has 0 aliphatic heterocycles. The van der Waals surface area contributed by atoms with Crippen LogP contribution in [0.1, 0.15) is 31.9 Å². The summed E-state index contributed by atoms with van der Waals surface area (Å²) in [5.74, 6) is 0.588. The van der Waals surface area contributed by atoms with E-state index in [4.69, 9.17) is 0 Å². The van der Waals surface area contributed by atoms with E-state index in [2.05, 4.69) is 67.8 Å². The number of unbranched alkanes of at least 4 members (excludes halogenated alkanes) is 1. The lowest BCUT2D eigenvalue weighted by atomic mass is 9.96. The first kappa shape index (κ1) is 14.4. The maximum absolute atomic E-state index is 4.66. The van der Waals surface area contributed by atoms with E-state index in [9.17, 15) is 0 Å². The van der Waals surface area contributed by atoms with Crippen molar-refractivity contribution in [2.24, 2.45) is 5.92 Å². The van der Waals surface area contributed by atoms with Crippen molar-refractivity contribution in [3.8, 4) is 0 Å². The van der Waals surface area contributed by atoms with Gasteiger partial charge in [-0.2, -0.15) is 0 Å². The maximum atomic E-state index is 4.66. The number of pyridine rings is 2. The summed E-state index contributed by atoms with van der Waals surface area (Å²) in [6.07, 6.45) is 8.86. The first-order valence-electron chi connectivity index (χ1n) is 6.81. The Hall–Kier alpha value is -0.970. The fourth-order valence-corrected chi connectivity index (χ4v) is 2.80. The molecule has 2 rings (SSSR count). The average molecular weight is 366 g/mol. The highest BCUT2D eigenvalue weighted by atomic mass is 127. The molecule has 2 heterocycles. The molecule has 0 N–H and O–H groups in total. The molecule has 0 saturated heterocycles. The van der Waals surface area contributed by atoms with E-state index in [1.807, 2.05) is 6.07 Å². The van der Waals surface area contributed by atoms with Crippen LogP contribution in [-0.4, -0.2) is 9.97 Å². The summed E-state index contributed by atoms with van der Waals surface area (Å²) in [5, 5.41) is 1.11. The van der Waals surface area contributed by atoms with Crippen molar-refractivity contribution in [3.63, 3.8) is 0 Å². The van der Waals surface area contributed by atoms with Crippen molar-refractivity contribution in [2.45, 2.75) is 32.6 Å². The summed E-state index contributed by atoms with van der Waals surface area (Å²) in [6, 6.07) is 8.25. The van der Waals surface area contributed by atoms with E-state index in [1.165, 1.54) is 19.3 Å². The molecule has 1 unspecified atom stereocenters. The van der Waals surface area contributed by atoms with E-state index in [-0.39, 0.29) is 0 Å². The van der Waals surface area contributed by atoms with Gasteiger partial charge in [0.15, 0.2) is 5.65 Å². The molecule has 100 valence electrons. The first-order chi connectivity index (χ1) is 9.33. The molecule has 3 heteroatoms. The molecule has 0 amide bonds. The second-order valence-electron chi connectivity index (χ2n) is 4.78. The average Bonchev–Trinajstić information content (AvgIpc) is 2.45. The largest absolute Gasteiger partial charge is 0.237 e. The highest BCUT2D eigenvalue weighted by Gasteiger charge is 2.07. The summed E-state index contributed by atoms with van der Waals surface area (Å²) in [4.78, 5) is 8.98. The van der Waals surface area contributed by atoms with E-state index >= 15 is 0 Å². The Kier molecular flexibility index (Phi) is 5.76. The minimum absolute atomic E-state index is 0.588. The molecular weight excluding hydrogens is 347 g/mol. The van der Waals surface area contributed by atoms with Crippen molar-refractivity contribution in [1.82, 2.24) is 9.97 Å². The lowest BCUT2D eigenvalue weighted by Gasteiger charge is -2.11. The van der Waals surface area contributed by atoms with Crippen molar-refractivity contribution >= 4 is 33.6 Å². The Balaban J connectivity index is 2.13. The molecule has 2 aromatic rings. The predicted octanol–water partition coefficient (Wildman–Crippen LogP) is 4.93. The zero-order chi connectivity index (χ0) is 13.5. The number of hydrogen-bond acceptors (Lipinski definition) is 2. The Bertz CT molecular complexity index is 551. The minimum atomic E-state index is 0.588. The number of fused-ring (bicyclic) bond motifs is 1. The molecule has 0 aromatic carbocycles. The third-order valence-corrected chi connectivity index (χ3v) is 3.68. The van der Waals surface area contributed by atoms with Crippen LogP contribution in [0.4, 0.5) is 0 Å². The standard InChI is InChI=1S/C16H19IN2/c1-2-3-5-13(9-10-17)12-15-8-7-14-6-4-11-18-16(14)19-15/h4,6-11,13H,2-3,5,12H2,1H3. The minimum Gasteiger partial charge on any atom is -0.237 e. The van der Waals surface area contributed by atoms with Crippen molar-refractivity contribution in [1.29, 1.82) is 0 Å². The van der Waals surface area contributed by atoms with Crippen LogP contribution in [0.25, 0.3) is 11.0 Å². The van der Waals surface area contributed by atoms with Crippen LogP contribution < -0.4 is 0 Å². The van der Waals surface area contributed by atoms with Crippen LogP contribution in [0.5, 0.6) is 0 Å². The summed E-state index contributed by atoms with van der Waals surface area (Å²) in [7, 11) is 0. The summed E-state index contributed by atoms with van der Waals surface area (Å²) < 4.78 is 2.12. The van der Waals surface area contributed by atoms with Crippen LogP contribution in [0.3, 0.4) is 0 Å². The van der Waals surface area contributed by atoms with Gasteiger partial charge in [-0.3, -0.25) is 0 Å². The number of nitrogens with zero attached hydrogens (tertiary/aromatic N) is 2. The summed E-state index contributed by atoms with van der Waals surface area (Å²) in [6.45, 7) is 2.24. The lowest BCUT2D eigenvalue weighted by Crippen LogP contribution is -2.03. The van der Waals surface area contributed by atoms with Crippen LogP contribution >= 0.6 is 22.6 Å². The first-order valence-corrected chi connectivity index (χ1v) is 8.05. The number of hydrogen-bond donors (Lipinski definition) is 0. The number of halogens is 1. The van der Waals surface area contributed by atoms with Gasteiger partial charge in [-0.05, 0) is 47.1 Å². The normalized spacial score (nSPS) is 13.2. The zero-order valence-electron chi connectivity index (χ0n) is 11.2. The highest BCUT2D eigenvalue weighted by Crippen LogP contribution is 2.18. The maximum Gasteiger partial charge on any atom is 0.159 e. The Labute approximate surface area is 128 Å². The van der Waals surface area contributed by atoms with E-state index in [1.54, 1.807) is 6.20 Å². The van der Waals surface area contributed by atoms with Gasteiger partial charge >= 0.3 is 0 Å². The number of aromatic nitrogens is 2. The fourth-order valence-electron chi connectivity index (χ4n) is 2.21. The number of rotatable bonds is 6. The zero-order valence-corrected chi connectivity index (χ0v) is 13.4. The molecule has 0 aliphatic rings. The third-order valence-electron chi connectivity index (χ3n) is 3.27. The van der Waals surface area contributed by atoms with E-state index < -0.39 is 0 Å². The lowest BCUT2D eigenvalue weighted by molar-refractivity contribution is 0.548. The molecule has 2 nitrogen and oxygen atoms in total. The predicted molar refractivity (Wildman–Crippen MR) is 89.4 cm³/mol. The Morgan fingerprint density at radius 2 is 2.21 bits per heavy atom. The fraction of sp³-hybridized carbons (Fsp3) is 0.375. The van der Waals surface area contributed by atoms with Crippen molar-refractivity contribution in [2.75, 3.05) is 0 Å². The quantitative estimate of drug-likeness (QED) is 0.678. The third kappa shape index (κ3) is 4.27. The van der Waals surface area contributed by atoms with Gasteiger partial charge in [0.2, 0.25) is 0 Å². The topological polar surface area (TPSA) is 25.8 Å². The van der Waals surface area contributed by atoms with Gasteiger partial charge in [-0.25, -0.2) is 9.97 Å². The van der Waals surface area contributed by atoms with Crippen molar-refractivity contribution in [3.05, 3.63) is 46.3 Å². The van der Waals surface area contributed by atoms with Gasteiger partial charge < -0.3 is 0 Å². The van der Waals surface area contributed by atoms with Gasteiger partial charge in [0.1, 0.15) is 0 Å². The van der Waals surface area contributed by atoms with Crippen LogP contribution in [0, 0.1) is 5.92 Å². The second kappa shape index (κ2) is 7.58. The second-order valence-corrected chi connectivity index (χ2v) is 5.50. The van der Waals surface area contributed by atoms with Crippen molar-refractivity contribution < 1.29 is 0 Å². The highest BCUT2D eigenvalue weighted by molar-refractivity contribution is 14.1. The van der Waals surface area contributed by atoms with Gasteiger partial charge in [0.25, 0.3) is 0 Å². The van der Waals surface area contributed by atoms with Gasteiger partial charge in [0.05, 0.1) is 0 Å². The van der Waals surface area contributed by atoms with Gasteiger partial charge in [0, 0.05) is 17.3 Å². The molecule has 0 radical (unpaired) electrons. The molecule has 0 fully saturated rings. The van der Waals surface area contributed by atoms with Crippen LogP contribution in [-0.2, 0) is 6.42 Å². The monoisotopic (exact) mass is 366 g/mol. The number of allylic oxidation sites excluding steroid dienone is 1. The van der Waals surface area contributed by atoms with E-state index in [0.717, 1.165) is 23.1 Å². The molecule has 0 saturated carbocycles. The van der Waals surface area contributed by atoms with Gasteiger partial charge in [-0.1, -0.05) is 48.4 Å². The Morgan fingerprint density at radius 1 is 1.32 bits per heavy atom. The molecule has 0 spiro atoms. The SMILES string of the molecule is CCCCC(C=CI)Cc1ccc2cccnc2n1. The summed E-state index contributed by atoms with van der Waals surface area (Å²) in [5.41, 5.74) is 1.99. The molecule has 0 aliphatic carbocycles. The molecule has 2 aromatic heterocycles. The van der Waals surface area contributed by atoms with Gasteiger partial charge in [-0.15, -0.1) is 0 Å². The molecule has 19 heavy (non-hydrogen) atoms. The molecule has 1 atom stereocenters. The smallest absolute Gasteiger partial charge is 0.159 e. The van der Waals surface area contributed by atoms with E-state index in [0.29, 0.717) is 5.92 Å². The molecule has 0 bridgehead atoms. The Morgan fingerprint density at radius 3 is 3.00 bits per heavy atom. The summed E-state index contributed by atoms with van der Waals surface area (Å²) >= 11 is 2.30. The molecular formula is C16H19IN2. The van der Waals surface area contributed by atoms with Crippen LogP contribution in [0.15, 0.2) is 40.6 Å².